The van der Waals surface area contributed by atoms with E-state index in [1.165, 1.54) is 30.7 Å². The maximum absolute atomic E-state index is 3.38. The van der Waals surface area contributed by atoms with E-state index in [1.807, 2.05) is 0 Å². The Balaban J connectivity index is 2.48. The van der Waals surface area contributed by atoms with Crippen LogP contribution in [0.25, 0.3) is 0 Å². The molecule has 0 aromatic carbocycles. The first kappa shape index (κ1) is 8.02. The van der Waals surface area contributed by atoms with Gasteiger partial charge in [-0.1, -0.05) is 0 Å². The van der Waals surface area contributed by atoms with Gasteiger partial charge < -0.3 is 9.80 Å². The molecular formula is C8H19N2+. The minimum Gasteiger partial charge on any atom is -0.322 e. The second-order valence-electron chi connectivity index (χ2n) is 3.77. The summed E-state index contributed by atoms with van der Waals surface area (Å²) in [6.07, 6.45) is 0. The molecule has 10 heavy (non-hydrogen) atoms. The van der Waals surface area contributed by atoms with Crippen LogP contribution < -0.4 is 5.32 Å². The van der Waals surface area contributed by atoms with E-state index in [-0.39, 0.29) is 0 Å². The number of rotatable bonds is 1. The largest absolute Gasteiger partial charge is 0.322 e. The summed E-state index contributed by atoms with van der Waals surface area (Å²) in [6.45, 7) is 9.58. The molecule has 1 aliphatic rings. The van der Waals surface area contributed by atoms with E-state index >= 15 is 0 Å². The van der Waals surface area contributed by atoms with Crippen LogP contribution in [0.2, 0.25) is 0 Å². The van der Waals surface area contributed by atoms with E-state index in [2.05, 4.69) is 26.2 Å². The molecule has 1 rings (SSSR count). The lowest BCUT2D eigenvalue weighted by Gasteiger charge is -2.41. The summed E-state index contributed by atoms with van der Waals surface area (Å²) in [6, 6.07) is 0.780. The maximum Gasteiger partial charge on any atom is 0.0913 e. The zero-order chi connectivity index (χ0) is 7.61. The van der Waals surface area contributed by atoms with Gasteiger partial charge in [-0.05, 0) is 13.8 Å². The van der Waals surface area contributed by atoms with Crippen molar-refractivity contribution < 1.29 is 4.48 Å². The highest BCUT2D eigenvalue weighted by Gasteiger charge is 2.27. The van der Waals surface area contributed by atoms with E-state index in [0.717, 1.165) is 6.04 Å². The van der Waals surface area contributed by atoms with E-state index in [4.69, 9.17) is 0 Å². The van der Waals surface area contributed by atoms with E-state index in [1.54, 1.807) is 0 Å². The first-order chi connectivity index (χ1) is 4.65. The third-order valence-electron chi connectivity index (χ3n) is 2.85. The van der Waals surface area contributed by atoms with Gasteiger partial charge in [-0.2, -0.15) is 0 Å². The summed E-state index contributed by atoms with van der Waals surface area (Å²) in [7, 11) is 2.35. The zero-order valence-electron chi connectivity index (χ0n) is 7.35. The number of nitrogens with one attached hydrogen (secondary N) is 1. The van der Waals surface area contributed by atoms with E-state index in [0.29, 0.717) is 0 Å². The van der Waals surface area contributed by atoms with Crippen molar-refractivity contribution in [3.8, 4) is 0 Å². The van der Waals surface area contributed by atoms with Crippen LogP contribution in [0.4, 0.5) is 0 Å². The third-order valence-corrected chi connectivity index (χ3v) is 2.85. The standard InChI is InChI=1S/C8H19N2/c1-8(2)10(3)6-4-9-5-7-10/h8-9H,4-7H2,1-3H3/q+1. The Morgan fingerprint density at radius 1 is 1.20 bits per heavy atom. The summed E-state index contributed by atoms with van der Waals surface area (Å²) >= 11 is 0. The van der Waals surface area contributed by atoms with Gasteiger partial charge in [0.1, 0.15) is 0 Å². The van der Waals surface area contributed by atoms with Crippen molar-refractivity contribution in [3.63, 3.8) is 0 Å². The van der Waals surface area contributed by atoms with Crippen molar-refractivity contribution >= 4 is 0 Å². The Hall–Kier alpha value is -0.0800. The fourth-order valence-corrected chi connectivity index (χ4v) is 1.42. The molecule has 0 saturated carbocycles. The molecule has 1 fully saturated rings. The van der Waals surface area contributed by atoms with Gasteiger partial charge in [-0.3, -0.25) is 0 Å². The van der Waals surface area contributed by atoms with Crippen LogP contribution in [0.3, 0.4) is 0 Å². The Bertz CT molecular complexity index is 104. The van der Waals surface area contributed by atoms with Crippen LogP contribution in [0.1, 0.15) is 13.8 Å². The number of quaternary nitrogens is 1. The lowest BCUT2D eigenvalue weighted by atomic mass is 10.2. The van der Waals surface area contributed by atoms with Crippen molar-refractivity contribution in [2.24, 2.45) is 0 Å². The van der Waals surface area contributed by atoms with Crippen LogP contribution in [0.15, 0.2) is 0 Å². The topological polar surface area (TPSA) is 12.0 Å². The molecule has 1 saturated heterocycles. The van der Waals surface area contributed by atoms with Crippen LogP contribution in [0.5, 0.6) is 0 Å². The molecule has 2 nitrogen and oxygen atoms in total. The van der Waals surface area contributed by atoms with Crippen LogP contribution in [-0.4, -0.2) is 43.8 Å². The highest BCUT2D eigenvalue weighted by molar-refractivity contribution is 4.57. The fourth-order valence-electron chi connectivity index (χ4n) is 1.42. The van der Waals surface area contributed by atoms with Gasteiger partial charge in [0.25, 0.3) is 0 Å². The Morgan fingerprint density at radius 2 is 1.70 bits per heavy atom. The molecular weight excluding hydrogens is 124 g/mol. The van der Waals surface area contributed by atoms with E-state index < -0.39 is 0 Å². The Morgan fingerprint density at radius 3 is 2.00 bits per heavy atom. The van der Waals surface area contributed by atoms with E-state index in [9.17, 15) is 0 Å². The Labute approximate surface area is 63.8 Å². The normalized spacial score (nSPS) is 25.2. The second-order valence-corrected chi connectivity index (χ2v) is 3.77. The van der Waals surface area contributed by atoms with Crippen molar-refractivity contribution in [3.05, 3.63) is 0 Å². The Kier molecular flexibility index (Phi) is 2.32. The van der Waals surface area contributed by atoms with Crippen molar-refractivity contribution in [2.75, 3.05) is 33.2 Å². The predicted molar refractivity (Wildman–Crippen MR) is 43.9 cm³/mol. The second kappa shape index (κ2) is 2.89. The number of likely N-dealkylation sites (N-methyl/N-ethyl adjacent to an activating group) is 1. The summed E-state index contributed by atoms with van der Waals surface area (Å²) in [5.74, 6) is 0. The van der Waals surface area contributed by atoms with Crippen LogP contribution in [-0.2, 0) is 0 Å². The molecule has 0 aliphatic carbocycles. The first-order valence-electron chi connectivity index (χ1n) is 4.20. The third kappa shape index (κ3) is 1.50. The molecule has 0 amide bonds. The molecule has 60 valence electrons. The monoisotopic (exact) mass is 143 g/mol. The van der Waals surface area contributed by atoms with Gasteiger partial charge in [0.05, 0.1) is 26.2 Å². The number of nitrogens with zero attached hydrogens (tertiary/aromatic N) is 1. The van der Waals surface area contributed by atoms with Crippen LogP contribution >= 0.6 is 0 Å². The summed E-state index contributed by atoms with van der Waals surface area (Å²) in [5.41, 5.74) is 0. The van der Waals surface area contributed by atoms with Crippen molar-refractivity contribution in [1.82, 2.24) is 5.32 Å². The minimum atomic E-state index is 0.780. The van der Waals surface area contributed by atoms with Crippen LogP contribution in [0, 0.1) is 0 Å². The highest BCUT2D eigenvalue weighted by atomic mass is 15.4. The minimum absolute atomic E-state index is 0.780. The SMILES string of the molecule is CC(C)[N+]1(C)CCNCC1. The first-order valence-corrected chi connectivity index (χ1v) is 4.20. The molecule has 1 aliphatic heterocycles. The smallest absolute Gasteiger partial charge is 0.0913 e. The van der Waals surface area contributed by atoms with Gasteiger partial charge in [0.2, 0.25) is 0 Å². The molecule has 2 heteroatoms. The lowest BCUT2D eigenvalue weighted by molar-refractivity contribution is -0.931. The van der Waals surface area contributed by atoms with Crippen molar-refractivity contribution in [1.29, 1.82) is 0 Å². The van der Waals surface area contributed by atoms with Gasteiger partial charge in [0.15, 0.2) is 0 Å². The molecule has 0 aromatic heterocycles. The van der Waals surface area contributed by atoms with Gasteiger partial charge in [-0.15, -0.1) is 0 Å². The molecule has 0 atom stereocenters. The summed E-state index contributed by atoms with van der Waals surface area (Å²) in [5, 5.41) is 3.38. The quantitative estimate of drug-likeness (QED) is 0.525. The summed E-state index contributed by atoms with van der Waals surface area (Å²) < 4.78 is 1.24. The van der Waals surface area contributed by atoms with Crippen molar-refractivity contribution in [2.45, 2.75) is 19.9 Å². The van der Waals surface area contributed by atoms with Gasteiger partial charge in [-0.25, -0.2) is 0 Å². The molecule has 0 aromatic rings. The maximum atomic E-state index is 3.38. The fraction of sp³-hybridized carbons (Fsp3) is 1.00. The molecule has 1 heterocycles. The molecule has 0 bridgehead atoms. The average molecular weight is 143 g/mol. The number of piperazine rings is 1. The molecule has 0 spiro atoms. The zero-order valence-corrected chi connectivity index (χ0v) is 7.35. The molecule has 0 unspecified atom stereocenters. The number of hydrogen-bond donors (Lipinski definition) is 1. The lowest BCUT2D eigenvalue weighted by Crippen LogP contribution is -2.59. The summed E-state index contributed by atoms with van der Waals surface area (Å²) in [4.78, 5) is 0. The molecule has 0 radical (unpaired) electrons. The molecule has 1 N–H and O–H groups in total. The average Bonchev–Trinajstić information content (AvgIpc) is 1.89. The van der Waals surface area contributed by atoms with Gasteiger partial charge >= 0.3 is 0 Å². The van der Waals surface area contributed by atoms with Gasteiger partial charge in [0, 0.05) is 13.1 Å². The predicted octanol–water partition coefficient (Wildman–Crippen LogP) is 0.445. The highest BCUT2D eigenvalue weighted by Crippen LogP contribution is 2.10. The number of hydrogen-bond acceptors (Lipinski definition) is 1.